The van der Waals surface area contributed by atoms with Gasteiger partial charge in [0, 0.05) is 29.4 Å². The third-order valence-electron chi connectivity index (χ3n) is 2.72. The Morgan fingerprint density at radius 1 is 1.25 bits per heavy atom. The highest BCUT2D eigenvalue weighted by Gasteiger charge is 2.18. The summed E-state index contributed by atoms with van der Waals surface area (Å²) in [6.07, 6.45) is 0. The van der Waals surface area contributed by atoms with Crippen molar-refractivity contribution in [3.63, 3.8) is 0 Å². The van der Waals surface area contributed by atoms with Crippen LogP contribution in [0.4, 0.5) is 11.4 Å². The molecule has 0 aliphatic carbocycles. The van der Waals surface area contributed by atoms with E-state index in [0.717, 1.165) is 6.07 Å². The lowest BCUT2D eigenvalue weighted by Gasteiger charge is -2.11. The molecule has 0 saturated heterocycles. The van der Waals surface area contributed by atoms with Gasteiger partial charge in [0.15, 0.2) is 0 Å². The molecule has 8 heteroatoms. The van der Waals surface area contributed by atoms with E-state index in [9.17, 15) is 22.9 Å². The fourth-order valence-electron chi connectivity index (χ4n) is 1.90. The fourth-order valence-corrected chi connectivity index (χ4v) is 2.60. The minimum Gasteiger partial charge on any atom is -0.506 e. The minimum absolute atomic E-state index is 0.0122. The predicted octanol–water partition coefficient (Wildman–Crippen LogP) is 1.33. The van der Waals surface area contributed by atoms with Gasteiger partial charge in [-0.25, -0.2) is 0 Å². The SMILES string of the molecule is CC(=O)Nc1ccc2c(N)c(O)cc(S(=O)(=O)O)c2c1. The van der Waals surface area contributed by atoms with Gasteiger partial charge in [0.25, 0.3) is 10.1 Å². The number of aromatic hydroxyl groups is 1. The Morgan fingerprint density at radius 2 is 1.90 bits per heavy atom. The Hall–Kier alpha value is -2.32. The first-order valence-corrected chi connectivity index (χ1v) is 6.94. The van der Waals surface area contributed by atoms with Crippen LogP contribution in [0.1, 0.15) is 6.92 Å². The molecule has 0 aliphatic rings. The predicted molar refractivity (Wildman–Crippen MR) is 74.1 cm³/mol. The highest BCUT2D eigenvalue weighted by molar-refractivity contribution is 7.86. The molecule has 106 valence electrons. The molecular weight excluding hydrogens is 284 g/mol. The number of carbonyl (C=O) groups excluding carboxylic acids is 1. The van der Waals surface area contributed by atoms with Gasteiger partial charge in [-0.05, 0) is 12.1 Å². The molecule has 1 amide bonds. The molecule has 7 nitrogen and oxygen atoms in total. The van der Waals surface area contributed by atoms with E-state index in [4.69, 9.17) is 5.73 Å². The van der Waals surface area contributed by atoms with Gasteiger partial charge in [-0.3, -0.25) is 9.35 Å². The Bertz CT molecular complexity index is 814. The van der Waals surface area contributed by atoms with E-state index in [2.05, 4.69) is 5.32 Å². The monoisotopic (exact) mass is 296 g/mol. The number of anilines is 2. The Balaban J connectivity index is 2.84. The minimum atomic E-state index is -4.54. The van der Waals surface area contributed by atoms with Gasteiger partial charge in [-0.1, -0.05) is 6.07 Å². The van der Waals surface area contributed by atoms with Crippen molar-refractivity contribution in [1.29, 1.82) is 0 Å². The highest BCUT2D eigenvalue weighted by atomic mass is 32.2. The molecule has 0 spiro atoms. The second-order valence-corrected chi connectivity index (χ2v) is 5.61. The first kappa shape index (κ1) is 14.1. The van der Waals surface area contributed by atoms with Gasteiger partial charge in [0.2, 0.25) is 5.91 Å². The van der Waals surface area contributed by atoms with Gasteiger partial charge in [0.05, 0.1) is 5.69 Å². The molecule has 0 aromatic heterocycles. The fraction of sp³-hybridized carbons (Fsp3) is 0.0833. The molecule has 0 fully saturated rings. The lowest BCUT2D eigenvalue weighted by Crippen LogP contribution is -2.06. The van der Waals surface area contributed by atoms with Gasteiger partial charge in [-0.15, -0.1) is 0 Å². The molecule has 0 saturated carbocycles. The molecule has 2 aromatic carbocycles. The van der Waals surface area contributed by atoms with E-state index in [1.165, 1.54) is 25.1 Å². The van der Waals surface area contributed by atoms with Gasteiger partial charge >= 0.3 is 0 Å². The lowest BCUT2D eigenvalue weighted by atomic mass is 10.1. The first-order chi connectivity index (χ1) is 9.20. The summed E-state index contributed by atoms with van der Waals surface area (Å²) in [7, 11) is -4.54. The summed E-state index contributed by atoms with van der Waals surface area (Å²) in [5.41, 5.74) is 6.00. The number of phenolic OH excluding ortho intramolecular Hbond substituents is 1. The van der Waals surface area contributed by atoms with Gasteiger partial charge in [-0.2, -0.15) is 8.42 Å². The Kier molecular flexibility index (Phi) is 3.28. The zero-order valence-corrected chi connectivity index (χ0v) is 11.2. The van der Waals surface area contributed by atoms with Crippen molar-refractivity contribution >= 4 is 38.2 Å². The van der Waals surface area contributed by atoms with Crippen LogP contribution in [0, 0.1) is 0 Å². The second kappa shape index (κ2) is 4.66. The van der Waals surface area contributed by atoms with Gasteiger partial charge in [0.1, 0.15) is 10.6 Å². The molecule has 20 heavy (non-hydrogen) atoms. The number of benzene rings is 2. The molecule has 5 N–H and O–H groups in total. The summed E-state index contributed by atoms with van der Waals surface area (Å²) < 4.78 is 31.9. The Morgan fingerprint density at radius 3 is 2.45 bits per heavy atom. The number of nitrogens with one attached hydrogen (secondary N) is 1. The van der Waals surface area contributed by atoms with Crippen LogP contribution < -0.4 is 11.1 Å². The van der Waals surface area contributed by atoms with E-state index in [1.807, 2.05) is 0 Å². The average molecular weight is 296 g/mol. The molecule has 2 rings (SSSR count). The van der Waals surface area contributed by atoms with Gasteiger partial charge < -0.3 is 16.2 Å². The number of fused-ring (bicyclic) bond motifs is 1. The van der Waals surface area contributed by atoms with Crippen molar-refractivity contribution in [3.05, 3.63) is 24.3 Å². The third kappa shape index (κ3) is 2.51. The van der Waals surface area contributed by atoms with E-state index in [0.29, 0.717) is 5.69 Å². The largest absolute Gasteiger partial charge is 0.506 e. The summed E-state index contributed by atoms with van der Waals surface area (Å²) in [5.74, 6) is -0.776. The molecular formula is C12H12N2O5S. The van der Waals surface area contributed by atoms with Crippen LogP contribution in [0.2, 0.25) is 0 Å². The average Bonchev–Trinajstić information content (AvgIpc) is 2.31. The smallest absolute Gasteiger partial charge is 0.295 e. The molecule has 0 aliphatic heterocycles. The maximum atomic E-state index is 11.4. The van der Waals surface area contributed by atoms with Crippen molar-refractivity contribution in [1.82, 2.24) is 0 Å². The summed E-state index contributed by atoms with van der Waals surface area (Å²) >= 11 is 0. The number of hydrogen-bond acceptors (Lipinski definition) is 5. The molecule has 0 heterocycles. The normalized spacial score (nSPS) is 11.5. The molecule has 0 atom stereocenters. The summed E-state index contributed by atoms with van der Waals surface area (Å²) in [6, 6.07) is 5.18. The lowest BCUT2D eigenvalue weighted by molar-refractivity contribution is -0.114. The number of nitrogen functional groups attached to an aromatic ring is 1. The van der Waals surface area contributed by atoms with E-state index < -0.39 is 20.8 Å². The third-order valence-corrected chi connectivity index (χ3v) is 3.61. The van der Waals surface area contributed by atoms with Crippen molar-refractivity contribution in [2.75, 3.05) is 11.1 Å². The Labute approximate surface area is 114 Å². The van der Waals surface area contributed by atoms with Crippen molar-refractivity contribution < 1.29 is 22.9 Å². The van der Waals surface area contributed by atoms with Crippen LogP contribution >= 0.6 is 0 Å². The number of phenols is 1. The van der Waals surface area contributed by atoms with Crippen LogP contribution in [0.15, 0.2) is 29.2 Å². The van der Waals surface area contributed by atoms with E-state index in [-0.39, 0.29) is 22.4 Å². The highest BCUT2D eigenvalue weighted by Crippen LogP contribution is 2.36. The standard InChI is InChI=1S/C12H12N2O5S/c1-6(15)14-7-2-3-8-9(4-7)11(20(17,18)19)5-10(16)12(8)13/h2-5,16H,13H2,1H3,(H,14,15)(H,17,18,19). The summed E-state index contributed by atoms with van der Waals surface area (Å²) in [6.45, 7) is 1.30. The quantitative estimate of drug-likeness (QED) is 0.376. The summed E-state index contributed by atoms with van der Waals surface area (Å²) in [5, 5.41) is 12.5. The topological polar surface area (TPSA) is 130 Å². The van der Waals surface area contributed by atoms with Crippen LogP contribution in [0.3, 0.4) is 0 Å². The number of amides is 1. The zero-order valence-electron chi connectivity index (χ0n) is 10.4. The molecule has 0 unspecified atom stereocenters. The molecule has 2 aromatic rings. The number of nitrogens with two attached hydrogens (primary N) is 1. The van der Waals surface area contributed by atoms with Crippen molar-refractivity contribution in [2.45, 2.75) is 11.8 Å². The summed E-state index contributed by atoms with van der Waals surface area (Å²) in [4.78, 5) is 10.5. The number of hydrogen-bond donors (Lipinski definition) is 4. The number of rotatable bonds is 2. The number of carbonyl (C=O) groups is 1. The maximum absolute atomic E-state index is 11.4. The second-order valence-electron chi connectivity index (χ2n) is 4.22. The van der Waals surface area contributed by atoms with E-state index >= 15 is 0 Å². The van der Waals surface area contributed by atoms with Crippen LogP contribution in [0.25, 0.3) is 10.8 Å². The van der Waals surface area contributed by atoms with Crippen LogP contribution in [0.5, 0.6) is 5.75 Å². The maximum Gasteiger partial charge on any atom is 0.295 e. The van der Waals surface area contributed by atoms with Crippen molar-refractivity contribution in [3.8, 4) is 5.75 Å². The van der Waals surface area contributed by atoms with Crippen LogP contribution in [-0.4, -0.2) is 24.0 Å². The molecule has 0 bridgehead atoms. The van der Waals surface area contributed by atoms with E-state index in [1.54, 1.807) is 0 Å². The zero-order chi connectivity index (χ0) is 15.1. The van der Waals surface area contributed by atoms with Crippen LogP contribution in [-0.2, 0) is 14.9 Å². The molecule has 0 radical (unpaired) electrons. The van der Waals surface area contributed by atoms with Crippen molar-refractivity contribution in [2.24, 2.45) is 0 Å². The first-order valence-electron chi connectivity index (χ1n) is 5.50.